The molecule has 1 amide bonds. The summed E-state index contributed by atoms with van der Waals surface area (Å²) in [4.78, 5) is 35.7. The van der Waals surface area contributed by atoms with Gasteiger partial charge in [-0.2, -0.15) is 0 Å². The number of carbonyl (C=O) groups excluding carboxylic acids is 1. The fourth-order valence-corrected chi connectivity index (χ4v) is 4.04. The Balaban J connectivity index is 1.87. The highest BCUT2D eigenvalue weighted by Crippen LogP contribution is 2.35. The van der Waals surface area contributed by atoms with E-state index in [0.717, 1.165) is 16.7 Å². The van der Waals surface area contributed by atoms with Gasteiger partial charge in [0.15, 0.2) is 0 Å². The van der Waals surface area contributed by atoms with Crippen molar-refractivity contribution in [2.45, 2.75) is 19.4 Å². The number of furan rings is 1. The predicted molar refractivity (Wildman–Crippen MR) is 108 cm³/mol. The zero-order valence-electron chi connectivity index (χ0n) is 14.5. The van der Waals surface area contributed by atoms with E-state index in [4.69, 9.17) is 16.6 Å². The van der Waals surface area contributed by atoms with Gasteiger partial charge in [0.25, 0.3) is 11.6 Å². The summed E-state index contributed by atoms with van der Waals surface area (Å²) in [5, 5.41) is 20.2. The third-order valence-corrected chi connectivity index (χ3v) is 5.38. The number of thiocarbonyl (C=S) groups is 1. The molecule has 1 N–H and O–H groups in total. The summed E-state index contributed by atoms with van der Waals surface area (Å²) < 4.78 is 5.85. The highest BCUT2D eigenvalue weighted by molar-refractivity contribution is 8.26. The molecule has 0 saturated carbocycles. The molecule has 0 unspecified atom stereocenters. The van der Waals surface area contributed by atoms with Crippen LogP contribution in [0, 0.1) is 10.1 Å². The van der Waals surface area contributed by atoms with Crippen LogP contribution in [0.5, 0.6) is 0 Å². The number of nitro benzene ring substituents is 1. The van der Waals surface area contributed by atoms with E-state index in [1.807, 2.05) is 0 Å². The summed E-state index contributed by atoms with van der Waals surface area (Å²) in [5.74, 6) is -0.851. The molecular formula is C18H14N2O6S2. The molecule has 1 saturated heterocycles. The van der Waals surface area contributed by atoms with Gasteiger partial charge in [-0.3, -0.25) is 19.8 Å². The smallest absolute Gasteiger partial charge is 0.326 e. The fraction of sp³-hybridized carbons (Fsp3) is 0.167. The SMILES string of the molecule is CC[C@@H](C(=O)O)N1C(=O)/C(=C\c2ccc(-c3cccc([N+](=O)[O-])c3)o2)SC1=S. The highest BCUT2D eigenvalue weighted by Gasteiger charge is 2.39. The Labute approximate surface area is 169 Å². The first-order valence-electron chi connectivity index (χ1n) is 8.16. The van der Waals surface area contributed by atoms with E-state index in [0.29, 0.717) is 17.1 Å². The second kappa shape index (κ2) is 7.95. The van der Waals surface area contributed by atoms with Gasteiger partial charge in [0.2, 0.25) is 0 Å². The predicted octanol–water partition coefficient (Wildman–Crippen LogP) is 3.92. The van der Waals surface area contributed by atoms with Crippen LogP contribution in [-0.4, -0.2) is 37.2 Å². The number of amides is 1. The van der Waals surface area contributed by atoms with Gasteiger partial charge in [-0.25, -0.2) is 4.79 Å². The van der Waals surface area contributed by atoms with Crippen LogP contribution in [0.4, 0.5) is 5.69 Å². The molecule has 0 aliphatic carbocycles. The molecule has 0 spiro atoms. The number of carboxylic acid groups (broad SMARTS) is 1. The molecule has 1 aliphatic heterocycles. The Morgan fingerprint density at radius 2 is 2.18 bits per heavy atom. The monoisotopic (exact) mass is 418 g/mol. The van der Waals surface area contributed by atoms with Gasteiger partial charge in [-0.1, -0.05) is 43.0 Å². The van der Waals surface area contributed by atoms with Crippen LogP contribution in [0.3, 0.4) is 0 Å². The van der Waals surface area contributed by atoms with E-state index in [-0.39, 0.29) is 21.3 Å². The van der Waals surface area contributed by atoms with Crippen molar-refractivity contribution in [3.8, 4) is 11.3 Å². The van der Waals surface area contributed by atoms with Gasteiger partial charge < -0.3 is 9.52 Å². The van der Waals surface area contributed by atoms with Crippen LogP contribution in [-0.2, 0) is 9.59 Å². The molecule has 1 aromatic heterocycles. The maximum Gasteiger partial charge on any atom is 0.326 e. The van der Waals surface area contributed by atoms with Crippen molar-refractivity contribution in [2.24, 2.45) is 0 Å². The van der Waals surface area contributed by atoms with Gasteiger partial charge in [0, 0.05) is 23.8 Å². The molecule has 2 aromatic rings. The summed E-state index contributed by atoms with van der Waals surface area (Å²) in [5.41, 5.74) is 0.467. The summed E-state index contributed by atoms with van der Waals surface area (Å²) in [6.45, 7) is 1.67. The molecule has 3 rings (SSSR count). The first kappa shape index (κ1) is 19.8. The van der Waals surface area contributed by atoms with Crippen molar-refractivity contribution in [3.63, 3.8) is 0 Å². The van der Waals surface area contributed by atoms with E-state index < -0.39 is 22.8 Å². The summed E-state index contributed by atoms with van der Waals surface area (Å²) >= 11 is 6.17. The third kappa shape index (κ3) is 3.82. The lowest BCUT2D eigenvalue weighted by Gasteiger charge is -2.21. The van der Waals surface area contributed by atoms with Crippen molar-refractivity contribution in [2.75, 3.05) is 0 Å². The zero-order valence-corrected chi connectivity index (χ0v) is 16.2. The molecular weight excluding hydrogens is 404 g/mol. The molecule has 1 aliphatic rings. The van der Waals surface area contributed by atoms with Crippen LogP contribution in [0.15, 0.2) is 45.7 Å². The van der Waals surface area contributed by atoms with Crippen LogP contribution >= 0.6 is 24.0 Å². The summed E-state index contributed by atoms with van der Waals surface area (Å²) in [6, 6.07) is 8.24. The van der Waals surface area contributed by atoms with Gasteiger partial charge in [-0.15, -0.1) is 0 Å². The number of rotatable bonds is 6. The fourth-order valence-electron chi connectivity index (χ4n) is 2.70. The number of aliphatic carboxylic acids is 1. The second-order valence-electron chi connectivity index (χ2n) is 5.82. The van der Waals surface area contributed by atoms with E-state index >= 15 is 0 Å². The normalized spacial score (nSPS) is 16.6. The molecule has 8 nitrogen and oxygen atoms in total. The van der Waals surface area contributed by atoms with Gasteiger partial charge in [0.1, 0.15) is 21.9 Å². The lowest BCUT2D eigenvalue weighted by molar-refractivity contribution is -0.384. The van der Waals surface area contributed by atoms with E-state index in [1.54, 1.807) is 31.2 Å². The van der Waals surface area contributed by atoms with Gasteiger partial charge in [-0.05, 0) is 18.6 Å². The minimum atomic E-state index is -1.12. The lowest BCUT2D eigenvalue weighted by Crippen LogP contribution is -2.43. The number of thioether (sulfide) groups is 1. The quantitative estimate of drug-likeness (QED) is 0.325. The first-order chi connectivity index (χ1) is 13.3. The third-order valence-electron chi connectivity index (χ3n) is 4.05. The average molecular weight is 418 g/mol. The molecule has 10 heteroatoms. The minimum Gasteiger partial charge on any atom is -0.480 e. The number of hydrogen-bond donors (Lipinski definition) is 1. The topological polar surface area (TPSA) is 114 Å². The van der Waals surface area contributed by atoms with Crippen molar-refractivity contribution >= 4 is 51.9 Å². The maximum atomic E-state index is 12.6. The van der Waals surface area contributed by atoms with Crippen LogP contribution in [0.1, 0.15) is 19.1 Å². The standard InChI is InChI=1S/C18H14N2O6S2/c1-2-13(17(22)23)19-16(21)15(28-18(19)27)9-12-6-7-14(26-12)10-4-3-5-11(8-10)20(24)25/h3-9,13H,2H2,1H3,(H,22,23)/b15-9+/t13-/m0/s1. The number of carboxylic acids is 1. The van der Waals surface area contributed by atoms with Crippen LogP contribution < -0.4 is 0 Å². The van der Waals surface area contributed by atoms with Crippen molar-refractivity contribution in [1.29, 1.82) is 0 Å². The number of carbonyl (C=O) groups is 2. The average Bonchev–Trinajstić information content (AvgIpc) is 3.22. The van der Waals surface area contributed by atoms with Crippen LogP contribution in [0.2, 0.25) is 0 Å². The van der Waals surface area contributed by atoms with Gasteiger partial charge in [0.05, 0.1) is 9.83 Å². The number of non-ortho nitro benzene ring substituents is 1. The lowest BCUT2D eigenvalue weighted by atomic mass is 10.1. The second-order valence-corrected chi connectivity index (χ2v) is 7.50. The minimum absolute atomic E-state index is 0.0596. The van der Waals surface area contributed by atoms with E-state index in [2.05, 4.69) is 0 Å². The molecule has 0 radical (unpaired) electrons. The Morgan fingerprint density at radius 1 is 1.43 bits per heavy atom. The van der Waals surface area contributed by atoms with Crippen LogP contribution in [0.25, 0.3) is 17.4 Å². The van der Waals surface area contributed by atoms with E-state index in [1.165, 1.54) is 18.2 Å². The van der Waals surface area contributed by atoms with Crippen molar-refractivity contribution < 1.29 is 24.0 Å². The Bertz CT molecular complexity index is 1010. The molecule has 1 atom stereocenters. The van der Waals surface area contributed by atoms with Crippen molar-refractivity contribution in [3.05, 3.63) is 57.2 Å². The maximum absolute atomic E-state index is 12.6. The van der Waals surface area contributed by atoms with Crippen molar-refractivity contribution in [1.82, 2.24) is 4.90 Å². The number of hydrogen-bond acceptors (Lipinski definition) is 7. The molecule has 0 bridgehead atoms. The molecule has 2 heterocycles. The number of benzene rings is 1. The number of nitro groups is 1. The molecule has 144 valence electrons. The Kier molecular flexibility index (Phi) is 5.61. The molecule has 28 heavy (non-hydrogen) atoms. The summed E-state index contributed by atoms with van der Waals surface area (Å²) in [6.07, 6.45) is 1.71. The largest absolute Gasteiger partial charge is 0.480 e. The van der Waals surface area contributed by atoms with E-state index in [9.17, 15) is 24.8 Å². The Hall–Kier alpha value is -2.98. The first-order valence-corrected chi connectivity index (χ1v) is 9.38. The highest BCUT2D eigenvalue weighted by atomic mass is 32.2. The molecule has 1 aromatic carbocycles. The molecule has 1 fully saturated rings. The van der Waals surface area contributed by atoms with Gasteiger partial charge >= 0.3 is 5.97 Å². The summed E-state index contributed by atoms with van der Waals surface area (Å²) in [7, 11) is 0. The Morgan fingerprint density at radius 3 is 2.82 bits per heavy atom. The number of nitrogens with zero attached hydrogens (tertiary/aromatic N) is 2. The zero-order chi connectivity index (χ0) is 20.4.